The Bertz CT molecular complexity index is 1030. The van der Waals surface area contributed by atoms with E-state index in [1.54, 1.807) is 12.3 Å². The minimum Gasteiger partial charge on any atom is -0.346 e. The fourth-order valence-corrected chi connectivity index (χ4v) is 4.25. The maximum absolute atomic E-state index is 14.6. The maximum atomic E-state index is 14.6. The quantitative estimate of drug-likeness (QED) is 0.497. The highest BCUT2D eigenvalue weighted by Crippen LogP contribution is 2.37. The molecule has 0 spiro atoms. The number of nitrogens with one attached hydrogen (secondary N) is 4. The smallest absolute Gasteiger partial charge is 0.229 e. The van der Waals surface area contributed by atoms with Crippen LogP contribution in [0, 0.1) is 12.7 Å². The Labute approximate surface area is 181 Å². The van der Waals surface area contributed by atoms with Crippen molar-refractivity contribution in [3.8, 4) is 0 Å². The van der Waals surface area contributed by atoms with Crippen molar-refractivity contribution in [3.05, 3.63) is 66.1 Å². The highest BCUT2D eigenvalue weighted by Gasteiger charge is 2.37. The van der Waals surface area contributed by atoms with E-state index >= 15 is 0 Å². The number of benzene rings is 2. The minimum atomic E-state index is -0.310. The van der Waals surface area contributed by atoms with Crippen molar-refractivity contribution in [2.45, 2.75) is 32.1 Å². The van der Waals surface area contributed by atoms with Crippen molar-refractivity contribution in [3.63, 3.8) is 0 Å². The Morgan fingerprint density at radius 3 is 2.65 bits per heavy atom. The van der Waals surface area contributed by atoms with Crippen LogP contribution in [0.4, 0.5) is 33.2 Å². The predicted molar refractivity (Wildman–Crippen MR) is 122 cm³/mol. The van der Waals surface area contributed by atoms with Crippen LogP contribution in [0.25, 0.3) is 0 Å². The van der Waals surface area contributed by atoms with Crippen molar-refractivity contribution >= 4 is 28.8 Å². The third kappa shape index (κ3) is 3.98. The van der Waals surface area contributed by atoms with Crippen LogP contribution in [-0.2, 0) is 0 Å². The highest BCUT2D eigenvalue weighted by molar-refractivity contribution is 5.75. The molecule has 5 rings (SSSR count). The first-order valence-electron chi connectivity index (χ1n) is 10.7. The zero-order chi connectivity index (χ0) is 21.2. The van der Waals surface area contributed by atoms with Crippen molar-refractivity contribution in [2.24, 2.45) is 0 Å². The number of nitrogens with zero attached hydrogens (tertiary/aromatic N) is 3. The summed E-state index contributed by atoms with van der Waals surface area (Å²) < 4.78 is 14.6. The number of piperidine rings is 1. The van der Waals surface area contributed by atoms with Crippen LogP contribution < -0.4 is 26.2 Å². The second-order valence-corrected chi connectivity index (χ2v) is 7.93. The molecule has 0 saturated carbocycles. The number of hydrogen-bond donors (Lipinski definition) is 4. The summed E-state index contributed by atoms with van der Waals surface area (Å²) in [6.07, 6.45) is 3.45. The van der Waals surface area contributed by atoms with Gasteiger partial charge in [-0.15, -0.1) is 0 Å². The highest BCUT2D eigenvalue weighted by atomic mass is 19.1. The van der Waals surface area contributed by atoms with Crippen LogP contribution in [0.5, 0.6) is 0 Å². The molecule has 1 atom stereocenters. The van der Waals surface area contributed by atoms with Gasteiger partial charge in [-0.25, -0.2) is 9.37 Å². The molecule has 4 N–H and O–H groups in total. The molecule has 1 fully saturated rings. The lowest BCUT2D eigenvalue weighted by Crippen LogP contribution is -2.51. The molecule has 2 aliphatic rings. The first kappa shape index (κ1) is 19.6. The molecular formula is C23H26FN7. The fourth-order valence-electron chi connectivity index (χ4n) is 4.25. The van der Waals surface area contributed by atoms with Gasteiger partial charge in [-0.05, 0) is 56.6 Å². The standard InChI is InChI=1S/C23H26FN7/c1-15-6-5-9-18(24)20(15)29-23-28-19-14-26-22(27-16-7-3-2-4-8-16)30-21(19)31(23)17-10-12-25-13-11-17/h2-9,14,17,23,25,28-29H,10-13H2,1H3,(H,26,27,30). The van der Waals surface area contributed by atoms with Gasteiger partial charge in [0.25, 0.3) is 0 Å². The van der Waals surface area contributed by atoms with E-state index < -0.39 is 0 Å². The maximum Gasteiger partial charge on any atom is 0.229 e. The fraction of sp³-hybridized carbons (Fsp3) is 0.304. The summed E-state index contributed by atoms with van der Waals surface area (Å²) in [6.45, 7) is 3.80. The van der Waals surface area contributed by atoms with Gasteiger partial charge in [-0.2, -0.15) is 4.98 Å². The number of fused-ring (bicyclic) bond motifs is 1. The number of rotatable bonds is 5. The van der Waals surface area contributed by atoms with Gasteiger partial charge in [0.2, 0.25) is 5.95 Å². The van der Waals surface area contributed by atoms with E-state index in [9.17, 15) is 4.39 Å². The molecule has 2 aromatic carbocycles. The molecule has 1 saturated heterocycles. The Balaban J connectivity index is 1.47. The molecule has 1 unspecified atom stereocenters. The van der Waals surface area contributed by atoms with Crippen LogP contribution in [0.15, 0.2) is 54.7 Å². The van der Waals surface area contributed by atoms with Crippen LogP contribution in [0.1, 0.15) is 18.4 Å². The molecule has 7 nitrogen and oxygen atoms in total. The molecule has 0 aliphatic carbocycles. The van der Waals surface area contributed by atoms with Crippen LogP contribution in [0.3, 0.4) is 0 Å². The molecule has 1 aromatic heterocycles. The Kier molecular flexibility index (Phi) is 5.30. The Hall–Kier alpha value is -3.39. The van der Waals surface area contributed by atoms with Gasteiger partial charge in [-0.3, -0.25) is 0 Å². The van der Waals surface area contributed by atoms with Gasteiger partial charge < -0.3 is 26.2 Å². The van der Waals surface area contributed by atoms with Gasteiger partial charge in [-0.1, -0.05) is 30.3 Å². The molecular weight excluding hydrogens is 393 g/mol. The van der Waals surface area contributed by atoms with Crippen LogP contribution in [-0.4, -0.2) is 35.4 Å². The third-order valence-electron chi connectivity index (χ3n) is 5.82. The summed E-state index contributed by atoms with van der Waals surface area (Å²) in [5.74, 6) is 1.10. The van der Waals surface area contributed by atoms with E-state index in [0.29, 0.717) is 11.6 Å². The van der Waals surface area contributed by atoms with E-state index in [4.69, 9.17) is 4.98 Å². The van der Waals surface area contributed by atoms with E-state index in [0.717, 1.165) is 48.7 Å². The molecule has 160 valence electrons. The number of anilines is 5. The second kappa shape index (κ2) is 8.39. The second-order valence-electron chi connectivity index (χ2n) is 7.93. The van der Waals surface area contributed by atoms with Crippen LogP contribution >= 0.6 is 0 Å². The van der Waals surface area contributed by atoms with E-state index in [1.807, 2.05) is 43.3 Å². The molecule has 0 bridgehead atoms. The molecule has 3 aromatic rings. The lowest BCUT2D eigenvalue weighted by Gasteiger charge is -2.37. The van der Waals surface area contributed by atoms with Crippen molar-refractivity contribution in [1.29, 1.82) is 0 Å². The average Bonchev–Trinajstić information content (AvgIpc) is 3.15. The first-order valence-corrected chi connectivity index (χ1v) is 10.7. The Morgan fingerprint density at radius 2 is 1.87 bits per heavy atom. The molecule has 31 heavy (non-hydrogen) atoms. The van der Waals surface area contributed by atoms with Gasteiger partial charge in [0, 0.05) is 11.7 Å². The van der Waals surface area contributed by atoms with Gasteiger partial charge >= 0.3 is 0 Å². The average molecular weight is 420 g/mol. The van der Waals surface area contributed by atoms with Crippen LogP contribution in [0.2, 0.25) is 0 Å². The molecule has 3 heterocycles. The summed E-state index contributed by atoms with van der Waals surface area (Å²) in [4.78, 5) is 11.5. The number of halogens is 1. The largest absolute Gasteiger partial charge is 0.346 e. The van der Waals surface area contributed by atoms with Gasteiger partial charge in [0.1, 0.15) is 5.82 Å². The van der Waals surface area contributed by atoms with E-state index in [1.165, 1.54) is 6.07 Å². The number of para-hydroxylation sites is 2. The minimum absolute atomic E-state index is 0.263. The van der Waals surface area contributed by atoms with Gasteiger partial charge in [0.05, 0.1) is 17.6 Å². The number of hydrogen-bond acceptors (Lipinski definition) is 7. The zero-order valence-electron chi connectivity index (χ0n) is 17.4. The predicted octanol–water partition coefficient (Wildman–Crippen LogP) is 4.05. The van der Waals surface area contributed by atoms with E-state index in [2.05, 4.69) is 31.2 Å². The van der Waals surface area contributed by atoms with Crippen molar-refractivity contribution < 1.29 is 4.39 Å². The Morgan fingerprint density at radius 1 is 1.06 bits per heavy atom. The monoisotopic (exact) mass is 419 g/mol. The number of aromatic nitrogens is 2. The van der Waals surface area contributed by atoms with Gasteiger partial charge in [0.15, 0.2) is 12.1 Å². The molecule has 0 amide bonds. The summed E-state index contributed by atoms with van der Waals surface area (Å²) >= 11 is 0. The number of aryl methyl sites for hydroxylation is 1. The summed E-state index contributed by atoms with van der Waals surface area (Å²) in [6, 6.07) is 15.2. The third-order valence-corrected chi connectivity index (χ3v) is 5.82. The molecule has 0 radical (unpaired) electrons. The topological polar surface area (TPSA) is 77.1 Å². The van der Waals surface area contributed by atoms with E-state index in [-0.39, 0.29) is 18.1 Å². The summed E-state index contributed by atoms with van der Waals surface area (Å²) in [5.41, 5.74) is 3.13. The summed E-state index contributed by atoms with van der Waals surface area (Å²) in [7, 11) is 0. The summed E-state index contributed by atoms with van der Waals surface area (Å²) in [5, 5.41) is 13.5. The SMILES string of the molecule is Cc1cccc(F)c1NC1Nc2cnc(Nc3ccccc3)nc2N1C1CCNCC1. The first-order chi connectivity index (χ1) is 15.2. The van der Waals surface area contributed by atoms with Crippen molar-refractivity contribution in [2.75, 3.05) is 33.9 Å². The lowest BCUT2D eigenvalue weighted by atomic mass is 10.1. The lowest BCUT2D eigenvalue weighted by molar-refractivity contribution is 0.420. The normalized spacial score (nSPS) is 18.4. The van der Waals surface area contributed by atoms with Crippen molar-refractivity contribution in [1.82, 2.24) is 15.3 Å². The molecule has 8 heteroatoms. The molecule has 2 aliphatic heterocycles. The zero-order valence-corrected chi connectivity index (χ0v) is 17.4.